The number of hydrogen-bond acceptors (Lipinski definition) is 3. The van der Waals surface area contributed by atoms with Crippen molar-refractivity contribution in [1.29, 1.82) is 0 Å². The van der Waals surface area contributed by atoms with Crippen molar-refractivity contribution in [3.8, 4) is 0 Å². The van der Waals surface area contributed by atoms with E-state index in [0.29, 0.717) is 11.6 Å². The normalized spacial score (nSPS) is 22.4. The molecule has 0 aromatic heterocycles. The molecular weight excluding hydrogens is 259 g/mol. The van der Waals surface area contributed by atoms with Crippen LogP contribution in [0.5, 0.6) is 0 Å². The molecule has 2 N–H and O–H groups in total. The first kappa shape index (κ1) is 14.8. The average molecular weight is 282 g/mol. The SMILES string of the molecule is Cc1ccc(C(N)CCN2CCSCC2C)cc1F. The monoisotopic (exact) mass is 282 g/mol. The number of aryl methyl sites for hydroxylation is 1. The fourth-order valence-corrected chi connectivity index (χ4v) is 3.49. The van der Waals surface area contributed by atoms with Crippen LogP contribution in [0.2, 0.25) is 0 Å². The highest BCUT2D eigenvalue weighted by molar-refractivity contribution is 7.99. The molecule has 1 aromatic rings. The van der Waals surface area contributed by atoms with Crippen LogP contribution in [-0.2, 0) is 0 Å². The summed E-state index contributed by atoms with van der Waals surface area (Å²) in [6.07, 6.45) is 0.886. The molecule has 1 aliphatic heterocycles. The lowest BCUT2D eigenvalue weighted by molar-refractivity contribution is 0.224. The van der Waals surface area contributed by atoms with Gasteiger partial charge in [-0.05, 0) is 37.5 Å². The van der Waals surface area contributed by atoms with E-state index in [1.807, 2.05) is 23.9 Å². The average Bonchev–Trinajstić information content (AvgIpc) is 2.40. The molecule has 0 radical (unpaired) electrons. The van der Waals surface area contributed by atoms with E-state index in [2.05, 4.69) is 11.8 Å². The van der Waals surface area contributed by atoms with Gasteiger partial charge in [0.05, 0.1) is 0 Å². The van der Waals surface area contributed by atoms with Gasteiger partial charge in [-0.15, -0.1) is 0 Å². The smallest absolute Gasteiger partial charge is 0.126 e. The Kier molecular flexibility index (Phi) is 5.25. The van der Waals surface area contributed by atoms with E-state index in [1.54, 1.807) is 13.0 Å². The van der Waals surface area contributed by atoms with E-state index in [4.69, 9.17) is 5.73 Å². The Morgan fingerprint density at radius 2 is 2.32 bits per heavy atom. The molecule has 0 aliphatic carbocycles. The second kappa shape index (κ2) is 6.73. The molecule has 1 saturated heterocycles. The van der Waals surface area contributed by atoms with Gasteiger partial charge in [-0.3, -0.25) is 4.90 Å². The van der Waals surface area contributed by atoms with Crippen LogP contribution in [0.15, 0.2) is 18.2 Å². The first-order chi connectivity index (χ1) is 9.08. The summed E-state index contributed by atoms with van der Waals surface area (Å²) in [7, 11) is 0. The molecule has 19 heavy (non-hydrogen) atoms. The van der Waals surface area contributed by atoms with Crippen LogP contribution in [0.1, 0.15) is 30.5 Å². The van der Waals surface area contributed by atoms with Crippen LogP contribution in [0.4, 0.5) is 4.39 Å². The maximum atomic E-state index is 13.5. The molecule has 0 spiro atoms. The molecular formula is C15H23FN2S. The molecule has 1 fully saturated rings. The van der Waals surface area contributed by atoms with Crippen molar-refractivity contribution >= 4 is 11.8 Å². The molecule has 1 aliphatic rings. The minimum absolute atomic E-state index is 0.0723. The van der Waals surface area contributed by atoms with Crippen LogP contribution in [0.25, 0.3) is 0 Å². The van der Waals surface area contributed by atoms with Gasteiger partial charge >= 0.3 is 0 Å². The molecule has 1 aromatic carbocycles. The predicted molar refractivity (Wildman–Crippen MR) is 81.0 cm³/mol. The molecule has 2 unspecified atom stereocenters. The van der Waals surface area contributed by atoms with Crippen LogP contribution in [-0.4, -0.2) is 35.5 Å². The number of benzene rings is 1. The summed E-state index contributed by atoms with van der Waals surface area (Å²) in [5.74, 6) is 2.25. The van der Waals surface area contributed by atoms with Gasteiger partial charge in [-0.25, -0.2) is 4.39 Å². The van der Waals surface area contributed by atoms with Crippen LogP contribution < -0.4 is 5.73 Å². The minimum Gasteiger partial charge on any atom is -0.324 e. The maximum Gasteiger partial charge on any atom is 0.126 e. The Morgan fingerprint density at radius 3 is 3.00 bits per heavy atom. The standard InChI is InChI=1S/C15H23FN2S/c1-11-3-4-13(9-14(11)16)15(17)5-6-18-7-8-19-10-12(18)2/h3-4,9,12,15H,5-8,10,17H2,1-2H3. The Labute approximate surface area is 119 Å². The number of nitrogens with zero attached hydrogens (tertiary/aromatic N) is 1. The molecule has 1 heterocycles. The topological polar surface area (TPSA) is 29.3 Å². The first-order valence-corrected chi connectivity index (χ1v) is 8.07. The third-order valence-electron chi connectivity index (χ3n) is 3.86. The highest BCUT2D eigenvalue weighted by Crippen LogP contribution is 2.20. The van der Waals surface area contributed by atoms with Crippen molar-refractivity contribution in [2.24, 2.45) is 5.73 Å². The third kappa shape index (κ3) is 3.94. The number of thioether (sulfide) groups is 1. The van der Waals surface area contributed by atoms with Crippen molar-refractivity contribution in [2.75, 3.05) is 24.6 Å². The molecule has 0 saturated carbocycles. The van der Waals surface area contributed by atoms with Gasteiger partial charge in [-0.2, -0.15) is 11.8 Å². The van der Waals surface area contributed by atoms with Gasteiger partial charge in [0.2, 0.25) is 0 Å². The molecule has 2 nitrogen and oxygen atoms in total. The van der Waals surface area contributed by atoms with E-state index in [9.17, 15) is 4.39 Å². The molecule has 4 heteroatoms. The maximum absolute atomic E-state index is 13.5. The molecule has 0 bridgehead atoms. The summed E-state index contributed by atoms with van der Waals surface area (Å²) in [5.41, 5.74) is 7.76. The summed E-state index contributed by atoms with van der Waals surface area (Å²) < 4.78 is 13.5. The Balaban J connectivity index is 1.89. The fourth-order valence-electron chi connectivity index (χ4n) is 2.40. The lowest BCUT2D eigenvalue weighted by Gasteiger charge is -2.33. The van der Waals surface area contributed by atoms with E-state index < -0.39 is 0 Å². The van der Waals surface area contributed by atoms with Gasteiger partial charge in [0.15, 0.2) is 0 Å². The third-order valence-corrected chi connectivity index (χ3v) is 5.05. The van der Waals surface area contributed by atoms with Crippen molar-refractivity contribution in [2.45, 2.75) is 32.4 Å². The highest BCUT2D eigenvalue weighted by atomic mass is 32.2. The van der Waals surface area contributed by atoms with Gasteiger partial charge in [0.25, 0.3) is 0 Å². The van der Waals surface area contributed by atoms with Crippen LogP contribution in [0, 0.1) is 12.7 Å². The highest BCUT2D eigenvalue weighted by Gasteiger charge is 2.19. The van der Waals surface area contributed by atoms with Crippen LogP contribution in [0.3, 0.4) is 0 Å². The minimum atomic E-state index is -0.157. The summed E-state index contributed by atoms with van der Waals surface area (Å²) in [4.78, 5) is 2.49. The van der Waals surface area contributed by atoms with E-state index in [1.165, 1.54) is 11.5 Å². The number of halogens is 1. The summed E-state index contributed by atoms with van der Waals surface area (Å²) in [5, 5.41) is 0. The largest absolute Gasteiger partial charge is 0.324 e. The zero-order valence-electron chi connectivity index (χ0n) is 11.7. The molecule has 2 rings (SSSR count). The molecule has 0 amide bonds. The van der Waals surface area contributed by atoms with Gasteiger partial charge < -0.3 is 5.73 Å². The van der Waals surface area contributed by atoms with Crippen molar-refractivity contribution in [3.63, 3.8) is 0 Å². The molecule has 106 valence electrons. The quantitative estimate of drug-likeness (QED) is 0.920. The summed E-state index contributed by atoms with van der Waals surface area (Å²) >= 11 is 2.02. The lowest BCUT2D eigenvalue weighted by atomic mass is 10.0. The van der Waals surface area contributed by atoms with Crippen molar-refractivity contribution in [3.05, 3.63) is 35.1 Å². The summed E-state index contributed by atoms with van der Waals surface area (Å²) in [6.45, 7) is 6.18. The van der Waals surface area contributed by atoms with Crippen LogP contribution >= 0.6 is 11.8 Å². The zero-order chi connectivity index (χ0) is 13.8. The van der Waals surface area contributed by atoms with Crippen molar-refractivity contribution in [1.82, 2.24) is 4.90 Å². The Hall–Kier alpha value is -0.580. The number of nitrogens with two attached hydrogens (primary N) is 1. The van der Waals surface area contributed by atoms with Crippen molar-refractivity contribution < 1.29 is 4.39 Å². The van der Waals surface area contributed by atoms with E-state index in [0.717, 1.165) is 25.1 Å². The molecule has 2 atom stereocenters. The van der Waals surface area contributed by atoms with E-state index in [-0.39, 0.29) is 11.9 Å². The Bertz CT molecular complexity index is 425. The van der Waals surface area contributed by atoms with Gasteiger partial charge in [-0.1, -0.05) is 12.1 Å². The Morgan fingerprint density at radius 1 is 1.53 bits per heavy atom. The zero-order valence-corrected chi connectivity index (χ0v) is 12.5. The summed E-state index contributed by atoms with van der Waals surface area (Å²) in [6, 6.07) is 5.89. The van der Waals surface area contributed by atoms with Gasteiger partial charge in [0.1, 0.15) is 5.82 Å². The number of hydrogen-bond donors (Lipinski definition) is 1. The van der Waals surface area contributed by atoms with Gasteiger partial charge in [0, 0.05) is 36.7 Å². The second-order valence-electron chi connectivity index (χ2n) is 5.36. The first-order valence-electron chi connectivity index (χ1n) is 6.91. The second-order valence-corrected chi connectivity index (χ2v) is 6.51. The van der Waals surface area contributed by atoms with E-state index >= 15 is 0 Å². The lowest BCUT2D eigenvalue weighted by Crippen LogP contribution is -2.41. The predicted octanol–water partition coefficient (Wildman–Crippen LogP) is 2.96. The number of rotatable bonds is 4. The fraction of sp³-hybridized carbons (Fsp3) is 0.600.